The minimum atomic E-state index is -1.32. The third kappa shape index (κ3) is 2.58. The van der Waals surface area contributed by atoms with Gasteiger partial charge in [-0.3, -0.25) is 29.4 Å². The summed E-state index contributed by atoms with van der Waals surface area (Å²) in [7, 11) is 1.29. The van der Waals surface area contributed by atoms with E-state index in [1.807, 2.05) is 11.8 Å². The standard InChI is InChI=1S/C25H23ClN4O6/c1-11-9-17(30(34)35)18(36-3)10-16(11)29-22(31)19-15-5-4-8-28(15)25(20(19)23(29)32)13-6-7-14(26)12(2)21(13)27-24(25)33/h6-7,9-10,15,19-20H,4-5,8H2,1-3H3,(H,27,33)/t15-,19+,20+,25+/m0/s1. The maximum atomic E-state index is 14.2. The molecule has 3 fully saturated rings. The molecule has 4 aliphatic rings. The summed E-state index contributed by atoms with van der Waals surface area (Å²) in [6.07, 6.45) is 1.49. The lowest BCUT2D eigenvalue weighted by Crippen LogP contribution is -2.54. The SMILES string of the molecule is COc1cc(N2C(=O)[C@@H]3[C@@H]4CCCN4[C@@]4(C(=O)Nc5c4ccc(Cl)c5C)[C@H]3C2=O)c(C)cc1[N+](=O)[O-]. The van der Waals surface area contributed by atoms with Crippen LogP contribution in [0.1, 0.15) is 29.5 Å². The number of halogens is 1. The summed E-state index contributed by atoms with van der Waals surface area (Å²) in [5.74, 6) is -2.92. The second-order valence-electron chi connectivity index (χ2n) is 9.80. The molecule has 0 saturated carbocycles. The van der Waals surface area contributed by atoms with Crippen molar-refractivity contribution >= 4 is 46.4 Å². The van der Waals surface area contributed by atoms with E-state index in [0.29, 0.717) is 40.4 Å². The van der Waals surface area contributed by atoms with Gasteiger partial charge in [-0.25, -0.2) is 4.90 Å². The molecule has 1 N–H and O–H groups in total. The highest BCUT2D eigenvalue weighted by Gasteiger charge is 2.74. The van der Waals surface area contributed by atoms with E-state index < -0.39 is 34.1 Å². The number of ether oxygens (including phenoxy) is 1. The summed E-state index contributed by atoms with van der Waals surface area (Å²) in [4.78, 5) is 56.0. The Bertz CT molecular complexity index is 1410. The average Bonchev–Trinajstić information content (AvgIpc) is 3.55. The number of hydrogen-bond donors (Lipinski definition) is 1. The molecule has 11 heteroatoms. The quantitative estimate of drug-likeness (QED) is 0.382. The monoisotopic (exact) mass is 510 g/mol. The fourth-order valence-electron chi connectivity index (χ4n) is 6.84. The Kier molecular flexibility index (Phi) is 4.78. The van der Waals surface area contributed by atoms with Crippen LogP contribution in [0.4, 0.5) is 17.1 Å². The Morgan fingerprint density at radius 2 is 1.94 bits per heavy atom. The van der Waals surface area contributed by atoms with E-state index in [1.54, 1.807) is 19.1 Å². The van der Waals surface area contributed by atoms with Crippen molar-refractivity contribution in [3.05, 3.63) is 56.1 Å². The fraction of sp³-hybridized carbons (Fsp3) is 0.400. The molecule has 6 rings (SSSR count). The first-order chi connectivity index (χ1) is 17.1. The normalized spacial score (nSPS) is 28.5. The van der Waals surface area contributed by atoms with Gasteiger partial charge in [0.15, 0.2) is 5.75 Å². The number of methoxy groups -OCH3 is 1. The zero-order valence-corrected chi connectivity index (χ0v) is 20.6. The molecule has 0 radical (unpaired) electrons. The number of nitro groups is 1. The van der Waals surface area contributed by atoms with Gasteiger partial charge in [0.1, 0.15) is 5.54 Å². The second kappa shape index (κ2) is 7.50. The molecule has 10 nitrogen and oxygen atoms in total. The predicted molar refractivity (Wildman–Crippen MR) is 130 cm³/mol. The second-order valence-corrected chi connectivity index (χ2v) is 10.2. The number of nitrogens with one attached hydrogen (secondary N) is 1. The highest BCUT2D eigenvalue weighted by molar-refractivity contribution is 6.32. The Hall–Kier alpha value is -3.50. The van der Waals surface area contributed by atoms with Gasteiger partial charge in [0.05, 0.1) is 35.2 Å². The summed E-state index contributed by atoms with van der Waals surface area (Å²) in [6, 6.07) is 5.88. The third-order valence-corrected chi connectivity index (χ3v) is 8.71. The smallest absolute Gasteiger partial charge is 0.311 e. The van der Waals surface area contributed by atoms with E-state index in [9.17, 15) is 24.5 Å². The minimum Gasteiger partial charge on any atom is -0.490 e. The summed E-state index contributed by atoms with van der Waals surface area (Å²) < 4.78 is 5.20. The molecular formula is C25H23ClN4O6. The van der Waals surface area contributed by atoms with Gasteiger partial charge in [0.25, 0.3) is 0 Å². The van der Waals surface area contributed by atoms with Crippen LogP contribution >= 0.6 is 11.6 Å². The zero-order chi connectivity index (χ0) is 25.7. The molecule has 4 heterocycles. The maximum absolute atomic E-state index is 14.2. The van der Waals surface area contributed by atoms with Crippen LogP contribution in [0, 0.1) is 35.8 Å². The van der Waals surface area contributed by atoms with Crippen molar-refractivity contribution in [3.8, 4) is 5.75 Å². The number of amides is 3. The summed E-state index contributed by atoms with van der Waals surface area (Å²) in [6.45, 7) is 4.02. The van der Waals surface area contributed by atoms with Gasteiger partial charge in [0.2, 0.25) is 17.7 Å². The van der Waals surface area contributed by atoms with E-state index in [0.717, 1.165) is 11.3 Å². The zero-order valence-electron chi connectivity index (χ0n) is 19.8. The summed E-state index contributed by atoms with van der Waals surface area (Å²) in [5.41, 5.74) is 1.00. The predicted octanol–water partition coefficient (Wildman–Crippen LogP) is 3.30. The highest BCUT2D eigenvalue weighted by Crippen LogP contribution is 2.61. The number of aryl methyl sites for hydroxylation is 1. The average molecular weight is 511 g/mol. The fourth-order valence-corrected chi connectivity index (χ4v) is 6.99. The molecule has 3 amide bonds. The van der Waals surface area contributed by atoms with Crippen molar-refractivity contribution in [1.29, 1.82) is 0 Å². The number of nitro benzene ring substituents is 1. The van der Waals surface area contributed by atoms with Crippen molar-refractivity contribution in [2.45, 2.75) is 38.3 Å². The van der Waals surface area contributed by atoms with Crippen molar-refractivity contribution in [3.63, 3.8) is 0 Å². The molecule has 3 saturated heterocycles. The van der Waals surface area contributed by atoms with Crippen LogP contribution in [0.3, 0.4) is 0 Å². The van der Waals surface area contributed by atoms with Gasteiger partial charge in [0, 0.05) is 28.8 Å². The van der Waals surface area contributed by atoms with Crippen molar-refractivity contribution in [2.75, 3.05) is 23.9 Å². The first kappa shape index (κ1) is 22.9. The molecule has 0 aliphatic carbocycles. The minimum absolute atomic E-state index is 0.0512. The maximum Gasteiger partial charge on any atom is 0.311 e. The summed E-state index contributed by atoms with van der Waals surface area (Å²) in [5, 5.41) is 14.9. The van der Waals surface area contributed by atoms with Crippen LogP contribution in [0.5, 0.6) is 5.75 Å². The molecule has 0 bridgehead atoms. The Morgan fingerprint density at radius 1 is 1.19 bits per heavy atom. The van der Waals surface area contributed by atoms with Gasteiger partial charge < -0.3 is 10.1 Å². The molecule has 1 spiro atoms. The molecule has 4 atom stereocenters. The van der Waals surface area contributed by atoms with E-state index in [2.05, 4.69) is 5.32 Å². The van der Waals surface area contributed by atoms with Crippen LogP contribution in [-0.4, -0.2) is 47.2 Å². The molecule has 0 aromatic heterocycles. The molecule has 2 aromatic carbocycles. The number of hydrogen-bond acceptors (Lipinski definition) is 7. The Morgan fingerprint density at radius 3 is 2.64 bits per heavy atom. The lowest BCUT2D eigenvalue weighted by molar-refractivity contribution is -0.385. The lowest BCUT2D eigenvalue weighted by atomic mass is 9.75. The largest absolute Gasteiger partial charge is 0.490 e. The topological polar surface area (TPSA) is 122 Å². The van der Waals surface area contributed by atoms with Crippen LogP contribution in [0.15, 0.2) is 24.3 Å². The Labute approximate surface area is 211 Å². The van der Waals surface area contributed by atoms with E-state index in [-0.39, 0.29) is 29.1 Å². The summed E-state index contributed by atoms with van der Waals surface area (Å²) >= 11 is 6.34. The van der Waals surface area contributed by atoms with Crippen LogP contribution in [-0.2, 0) is 19.9 Å². The molecule has 36 heavy (non-hydrogen) atoms. The van der Waals surface area contributed by atoms with Crippen molar-refractivity contribution in [2.24, 2.45) is 11.8 Å². The molecule has 0 unspecified atom stereocenters. The number of carbonyl (C=O) groups excluding carboxylic acids is 3. The highest BCUT2D eigenvalue weighted by atomic mass is 35.5. The number of rotatable bonds is 3. The van der Waals surface area contributed by atoms with Gasteiger partial charge in [-0.05, 0) is 50.4 Å². The van der Waals surface area contributed by atoms with Crippen LogP contribution < -0.4 is 15.0 Å². The number of benzene rings is 2. The Balaban J connectivity index is 1.54. The van der Waals surface area contributed by atoms with Gasteiger partial charge in [-0.1, -0.05) is 17.7 Å². The van der Waals surface area contributed by atoms with E-state index >= 15 is 0 Å². The van der Waals surface area contributed by atoms with Crippen molar-refractivity contribution < 1.29 is 24.0 Å². The number of fused-ring (bicyclic) bond motifs is 7. The lowest BCUT2D eigenvalue weighted by Gasteiger charge is -2.36. The van der Waals surface area contributed by atoms with Crippen molar-refractivity contribution in [1.82, 2.24) is 4.90 Å². The molecule has 2 aromatic rings. The first-order valence-corrected chi connectivity index (χ1v) is 12.1. The molecular weight excluding hydrogens is 488 g/mol. The van der Waals surface area contributed by atoms with Gasteiger partial charge >= 0.3 is 5.69 Å². The number of nitrogens with zero attached hydrogens (tertiary/aromatic N) is 3. The third-order valence-electron chi connectivity index (χ3n) is 8.30. The van der Waals surface area contributed by atoms with Gasteiger partial charge in [-0.15, -0.1) is 0 Å². The molecule has 186 valence electrons. The number of carbonyl (C=O) groups is 3. The van der Waals surface area contributed by atoms with Crippen LogP contribution in [0.25, 0.3) is 0 Å². The molecule has 4 aliphatic heterocycles. The van der Waals surface area contributed by atoms with Gasteiger partial charge in [-0.2, -0.15) is 0 Å². The van der Waals surface area contributed by atoms with E-state index in [4.69, 9.17) is 16.3 Å². The van der Waals surface area contributed by atoms with Crippen LogP contribution in [0.2, 0.25) is 5.02 Å². The first-order valence-electron chi connectivity index (χ1n) is 11.7. The van der Waals surface area contributed by atoms with E-state index in [1.165, 1.54) is 19.2 Å². The number of imide groups is 1. The number of anilines is 2.